The molecular weight excluding hydrogens is 244 g/mol. The van der Waals surface area contributed by atoms with Crippen LogP contribution in [0.3, 0.4) is 0 Å². The highest BCUT2D eigenvalue weighted by atomic mass is 16.5. The minimum atomic E-state index is -0.811. The first-order valence-electron chi connectivity index (χ1n) is 6.10. The maximum Gasteiger partial charge on any atom is 0.133 e. The highest BCUT2D eigenvalue weighted by molar-refractivity contribution is 5.52. The highest BCUT2D eigenvalue weighted by Crippen LogP contribution is 2.46. The Labute approximate surface area is 110 Å². The van der Waals surface area contributed by atoms with Gasteiger partial charge in [0.05, 0.1) is 11.7 Å². The van der Waals surface area contributed by atoms with Crippen LogP contribution in [0.4, 0.5) is 0 Å². The maximum absolute atomic E-state index is 10.1. The summed E-state index contributed by atoms with van der Waals surface area (Å²) in [6.07, 6.45) is -0.727. The third-order valence-electron chi connectivity index (χ3n) is 3.32. The van der Waals surface area contributed by atoms with Gasteiger partial charge in [0, 0.05) is 18.6 Å². The molecule has 2 unspecified atom stereocenters. The number of fused-ring (bicyclic) bond motifs is 1. The lowest BCUT2D eigenvalue weighted by atomic mass is 9.94. The van der Waals surface area contributed by atoms with Crippen molar-refractivity contribution in [2.75, 3.05) is 0 Å². The molecule has 4 nitrogen and oxygen atoms in total. The number of hydrogen-bond acceptors (Lipinski definition) is 4. The molecule has 1 heterocycles. The van der Waals surface area contributed by atoms with Crippen LogP contribution < -0.4 is 4.74 Å². The largest absolute Gasteiger partial charge is 0.508 e. The van der Waals surface area contributed by atoms with Gasteiger partial charge in [-0.05, 0) is 5.56 Å². The number of aromatic hydroxyl groups is 2. The lowest BCUT2D eigenvalue weighted by molar-refractivity contribution is 0.0632. The van der Waals surface area contributed by atoms with Gasteiger partial charge >= 0.3 is 0 Å². The minimum absolute atomic E-state index is 0.0860. The van der Waals surface area contributed by atoms with E-state index in [0.717, 1.165) is 5.56 Å². The monoisotopic (exact) mass is 258 g/mol. The van der Waals surface area contributed by atoms with Gasteiger partial charge in [-0.1, -0.05) is 30.3 Å². The Kier molecular flexibility index (Phi) is 2.80. The molecule has 1 aliphatic rings. The summed E-state index contributed by atoms with van der Waals surface area (Å²) in [6.45, 7) is 0. The Bertz CT molecular complexity index is 595. The van der Waals surface area contributed by atoms with Crippen LogP contribution in [0.1, 0.15) is 29.8 Å². The molecule has 2 atom stereocenters. The number of rotatable bonds is 1. The number of aliphatic hydroxyl groups is 1. The average Bonchev–Trinajstić information content (AvgIpc) is 2.38. The first kappa shape index (κ1) is 11.9. The summed E-state index contributed by atoms with van der Waals surface area (Å²) in [5, 5.41) is 29.4. The van der Waals surface area contributed by atoms with E-state index >= 15 is 0 Å². The molecule has 0 amide bonds. The van der Waals surface area contributed by atoms with E-state index < -0.39 is 6.10 Å². The molecule has 0 saturated heterocycles. The number of phenols is 2. The quantitative estimate of drug-likeness (QED) is 0.735. The molecule has 98 valence electrons. The van der Waals surface area contributed by atoms with Gasteiger partial charge in [0.1, 0.15) is 23.4 Å². The zero-order valence-electron chi connectivity index (χ0n) is 10.2. The molecule has 1 aliphatic heterocycles. The van der Waals surface area contributed by atoms with Gasteiger partial charge in [0.15, 0.2) is 0 Å². The minimum Gasteiger partial charge on any atom is -0.508 e. The summed E-state index contributed by atoms with van der Waals surface area (Å²) < 4.78 is 5.77. The number of ether oxygens (including phenoxy) is 1. The van der Waals surface area contributed by atoms with Crippen molar-refractivity contribution in [3.63, 3.8) is 0 Å². The Morgan fingerprint density at radius 1 is 1.05 bits per heavy atom. The fourth-order valence-electron chi connectivity index (χ4n) is 2.42. The Balaban J connectivity index is 2.00. The number of phenolic OH excluding ortho intramolecular Hbond substituents is 2. The average molecular weight is 258 g/mol. The van der Waals surface area contributed by atoms with Crippen LogP contribution in [0, 0.1) is 0 Å². The zero-order chi connectivity index (χ0) is 13.4. The summed E-state index contributed by atoms with van der Waals surface area (Å²) in [6, 6.07) is 12.2. The van der Waals surface area contributed by atoms with Crippen molar-refractivity contribution in [1.82, 2.24) is 0 Å². The molecule has 0 aromatic heterocycles. The molecule has 2 aromatic carbocycles. The lowest BCUT2D eigenvalue weighted by Crippen LogP contribution is -2.19. The fourth-order valence-corrected chi connectivity index (χ4v) is 2.42. The van der Waals surface area contributed by atoms with Crippen molar-refractivity contribution in [1.29, 1.82) is 0 Å². The second kappa shape index (κ2) is 4.48. The van der Waals surface area contributed by atoms with Crippen LogP contribution in [0.25, 0.3) is 0 Å². The summed E-state index contributed by atoms with van der Waals surface area (Å²) in [7, 11) is 0. The predicted molar refractivity (Wildman–Crippen MR) is 69.2 cm³/mol. The van der Waals surface area contributed by atoms with Gasteiger partial charge in [0.2, 0.25) is 0 Å². The third-order valence-corrected chi connectivity index (χ3v) is 3.32. The Morgan fingerprint density at radius 3 is 2.53 bits per heavy atom. The summed E-state index contributed by atoms with van der Waals surface area (Å²) in [4.78, 5) is 0. The summed E-state index contributed by atoms with van der Waals surface area (Å²) in [5.74, 6) is 0.0938. The van der Waals surface area contributed by atoms with E-state index in [1.807, 2.05) is 30.3 Å². The molecule has 4 heteroatoms. The van der Waals surface area contributed by atoms with Crippen LogP contribution in [0.15, 0.2) is 42.5 Å². The predicted octanol–water partition coefficient (Wildman–Crippen LogP) is 2.66. The van der Waals surface area contributed by atoms with Crippen molar-refractivity contribution >= 4 is 0 Å². The van der Waals surface area contributed by atoms with Crippen molar-refractivity contribution in [2.45, 2.75) is 18.6 Å². The summed E-state index contributed by atoms with van der Waals surface area (Å²) >= 11 is 0. The van der Waals surface area contributed by atoms with Crippen molar-refractivity contribution in [3.8, 4) is 17.2 Å². The molecule has 0 saturated carbocycles. The summed E-state index contributed by atoms with van der Waals surface area (Å²) in [5.41, 5.74) is 1.29. The zero-order valence-corrected chi connectivity index (χ0v) is 10.2. The molecule has 3 N–H and O–H groups in total. The Hall–Kier alpha value is -2.20. The number of aliphatic hydroxyl groups excluding tert-OH is 1. The van der Waals surface area contributed by atoms with E-state index in [1.165, 1.54) is 12.1 Å². The molecule has 19 heavy (non-hydrogen) atoms. The van der Waals surface area contributed by atoms with Crippen LogP contribution in [-0.2, 0) is 0 Å². The van der Waals surface area contributed by atoms with Gasteiger partial charge in [-0.3, -0.25) is 0 Å². The van der Waals surface area contributed by atoms with Gasteiger partial charge in [-0.2, -0.15) is 0 Å². The van der Waals surface area contributed by atoms with Gasteiger partial charge in [-0.25, -0.2) is 0 Å². The van der Waals surface area contributed by atoms with E-state index in [2.05, 4.69) is 0 Å². The normalized spacial score (nSPS) is 21.5. The van der Waals surface area contributed by atoms with Crippen molar-refractivity contribution in [2.24, 2.45) is 0 Å². The van der Waals surface area contributed by atoms with E-state index in [9.17, 15) is 15.3 Å². The second-order valence-electron chi connectivity index (χ2n) is 4.65. The maximum atomic E-state index is 10.1. The van der Waals surface area contributed by atoms with Gasteiger partial charge < -0.3 is 20.1 Å². The fraction of sp³-hybridized carbons (Fsp3) is 0.200. The Morgan fingerprint density at radius 2 is 1.79 bits per heavy atom. The molecular formula is C15H14O4. The molecule has 3 rings (SSSR count). The van der Waals surface area contributed by atoms with Crippen LogP contribution >= 0.6 is 0 Å². The SMILES string of the molecule is Oc1cc(O)c2c(c1)OC(c1ccccc1)CC2O. The molecule has 0 aliphatic carbocycles. The number of benzene rings is 2. The topological polar surface area (TPSA) is 69.9 Å². The standard InChI is InChI=1S/C15H14O4/c16-10-6-11(17)15-12(18)8-13(19-14(15)7-10)9-4-2-1-3-5-9/h1-7,12-13,16-18H,8H2. The molecule has 2 aromatic rings. The second-order valence-corrected chi connectivity index (χ2v) is 4.65. The first-order valence-corrected chi connectivity index (χ1v) is 6.10. The molecule has 0 radical (unpaired) electrons. The van der Waals surface area contributed by atoms with Crippen molar-refractivity contribution < 1.29 is 20.1 Å². The third kappa shape index (κ3) is 2.11. The van der Waals surface area contributed by atoms with Gasteiger partial charge in [0.25, 0.3) is 0 Å². The van der Waals surface area contributed by atoms with E-state index in [4.69, 9.17) is 4.74 Å². The molecule has 0 spiro atoms. The number of hydrogen-bond donors (Lipinski definition) is 3. The molecule has 0 fully saturated rings. The van der Waals surface area contributed by atoms with Crippen molar-refractivity contribution in [3.05, 3.63) is 53.6 Å². The first-order chi connectivity index (χ1) is 9.15. The van der Waals surface area contributed by atoms with E-state index in [1.54, 1.807) is 0 Å². The van der Waals surface area contributed by atoms with E-state index in [0.29, 0.717) is 17.7 Å². The highest BCUT2D eigenvalue weighted by Gasteiger charge is 2.30. The molecule has 0 bridgehead atoms. The lowest BCUT2D eigenvalue weighted by Gasteiger charge is -2.30. The van der Waals surface area contributed by atoms with E-state index in [-0.39, 0.29) is 17.6 Å². The van der Waals surface area contributed by atoms with Gasteiger partial charge in [-0.15, -0.1) is 0 Å². The van der Waals surface area contributed by atoms with Crippen LogP contribution in [0.5, 0.6) is 17.2 Å². The smallest absolute Gasteiger partial charge is 0.133 e. The van der Waals surface area contributed by atoms with Crippen LogP contribution in [0.2, 0.25) is 0 Å². The van der Waals surface area contributed by atoms with Crippen LogP contribution in [-0.4, -0.2) is 15.3 Å².